The molecule has 0 bridgehead atoms. The van der Waals surface area contributed by atoms with Gasteiger partial charge in [0, 0.05) is 12.6 Å². The SMILES string of the molecule is CCCc1noc(-c2ccc(-n3ncc(C(=O)Nc4ccccc4F)c3C)nc2)n1. The van der Waals surface area contributed by atoms with E-state index in [1.165, 1.54) is 23.0 Å². The number of para-hydroxylation sites is 1. The maximum absolute atomic E-state index is 13.8. The fourth-order valence-corrected chi connectivity index (χ4v) is 2.95. The quantitative estimate of drug-likeness (QED) is 0.520. The molecule has 152 valence electrons. The molecular weight excluding hydrogens is 387 g/mol. The lowest BCUT2D eigenvalue weighted by molar-refractivity contribution is 0.102. The van der Waals surface area contributed by atoms with Crippen LogP contribution in [0, 0.1) is 12.7 Å². The van der Waals surface area contributed by atoms with Gasteiger partial charge in [-0.05, 0) is 37.6 Å². The van der Waals surface area contributed by atoms with Crippen molar-refractivity contribution in [2.75, 3.05) is 5.32 Å². The van der Waals surface area contributed by atoms with E-state index in [4.69, 9.17) is 4.52 Å². The lowest BCUT2D eigenvalue weighted by atomic mass is 10.2. The predicted molar refractivity (Wildman–Crippen MR) is 108 cm³/mol. The van der Waals surface area contributed by atoms with E-state index < -0.39 is 11.7 Å². The maximum atomic E-state index is 13.8. The van der Waals surface area contributed by atoms with Gasteiger partial charge >= 0.3 is 0 Å². The Balaban J connectivity index is 1.54. The number of anilines is 1. The van der Waals surface area contributed by atoms with Crippen molar-refractivity contribution in [3.63, 3.8) is 0 Å². The Morgan fingerprint density at radius 1 is 1.20 bits per heavy atom. The van der Waals surface area contributed by atoms with Gasteiger partial charge in [0.2, 0.25) is 0 Å². The Bertz CT molecular complexity index is 1180. The van der Waals surface area contributed by atoms with Crippen LogP contribution in [0.5, 0.6) is 0 Å². The first-order valence-corrected chi connectivity index (χ1v) is 9.46. The molecule has 4 aromatic rings. The first-order chi connectivity index (χ1) is 14.6. The van der Waals surface area contributed by atoms with Crippen molar-refractivity contribution in [2.45, 2.75) is 26.7 Å². The Kier molecular flexibility index (Phi) is 5.34. The molecule has 0 aliphatic rings. The molecule has 0 aliphatic carbocycles. The van der Waals surface area contributed by atoms with Gasteiger partial charge in [-0.2, -0.15) is 10.1 Å². The number of amides is 1. The molecule has 0 fully saturated rings. The van der Waals surface area contributed by atoms with Crippen LogP contribution in [-0.2, 0) is 6.42 Å². The molecule has 0 spiro atoms. The number of carbonyl (C=O) groups excluding carboxylic acids is 1. The topological polar surface area (TPSA) is 98.7 Å². The van der Waals surface area contributed by atoms with Gasteiger partial charge in [0.05, 0.1) is 28.7 Å². The smallest absolute Gasteiger partial charge is 0.259 e. The number of aromatic nitrogens is 5. The van der Waals surface area contributed by atoms with Crippen LogP contribution in [0.15, 0.2) is 53.3 Å². The molecule has 3 heterocycles. The number of nitrogens with zero attached hydrogens (tertiary/aromatic N) is 5. The minimum absolute atomic E-state index is 0.110. The van der Waals surface area contributed by atoms with Gasteiger partial charge in [-0.25, -0.2) is 14.1 Å². The van der Waals surface area contributed by atoms with Crippen molar-refractivity contribution in [2.24, 2.45) is 0 Å². The van der Waals surface area contributed by atoms with Gasteiger partial charge < -0.3 is 9.84 Å². The van der Waals surface area contributed by atoms with Gasteiger partial charge in [0.25, 0.3) is 11.8 Å². The fourth-order valence-electron chi connectivity index (χ4n) is 2.95. The molecule has 30 heavy (non-hydrogen) atoms. The Morgan fingerprint density at radius 2 is 2.03 bits per heavy atom. The van der Waals surface area contributed by atoms with Crippen molar-refractivity contribution < 1.29 is 13.7 Å². The summed E-state index contributed by atoms with van der Waals surface area (Å²) in [7, 11) is 0. The number of hydrogen-bond acceptors (Lipinski definition) is 6. The molecule has 4 rings (SSSR count). The van der Waals surface area contributed by atoms with Crippen LogP contribution in [0.25, 0.3) is 17.3 Å². The molecule has 8 nitrogen and oxygen atoms in total. The Hall–Kier alpha value is -3.88. The van der Waals surface area contributed by atoms with E-state index in [9.17, 15) is 9.18 Å². The first kappa shape index (κ1) is 19.4. The number of nitrogens with one attached hydrogen (secondary N) is 1. The third-order valence-corrected chi connectivity index (χ3v) is 4.53. The van der Waals surface area contributed by atoms with E-state index in [0.29, 0.717) is 34.4 Å². The zero-order chi connectivity index (χ0) is 21.1. The second-order valence-electron chi connectivity index (χ2n) is 6.66. The normalized spacial score (nSPS) is 10.9. The highest BCUT2D eigenvalue weighted by Crippen LogP contribution is 2.20. The number of pyridine rings is 1. The van der Waals surface area contributed by atoms with Crippen LogP contribution in [0.4, 0.5) is 10.1 Å². The largest absolute Gasteiger partial charge is 0.334 e. The minimum atomic E-state index is -0.503. The van der Waals surface area contributed by atoms with Crippen molar-refractivity contribution in [3.05, 3.63) is 71.7 Å². The number of carbonyl (C=O) groups is 1. The summed E-state index contributed by atoms with van der Waals surface area (Å²) in [5, 5.41) is 10.7. The molecular formula is C21H19FN6O2. The minimum Gasteiger partial charge on any atom is -0.334 e. The summed E-state index contributed by atoms with van der Waals surface area (Å²) < 4.78 is 20.6. The van der Waals surface area contributed by atoms with Gasteiger partial charge in [0.15, 0.2) is 11.6 Å². The molecule has 0 saturated heterocycles. The molecule has 0 atom stereocenters. The number of benzene rings is 1. The second kappa shape index (κ2) is 8.24. The molecule has 1 N–H and O–H groups in total. The number of hydrogen-bond donors (Lipinski definition) is 1. The summed E-state index contributed by atoms with van der Waals surface area (Å²) in [6.07, 6.45) is 4.72. The average Bonchev–Trinajstić information content (AvgIpc) is 3.37. The van der Waals surface area contributed by atoms with Crippen LogP contribution >= 0.6 is 0 Å². The highest BCUT2D eigenvalue weighted by molar-refractivity contribution is 6.05. The van der Waals surface area contributed by atoms with E-state index in [1.54, 1.807) is 37.4 Å². The number of aryl methyl sites for hydroxylation is 1. The fraction of sp³-hybridized carbons (Fsp3) is 0.190. The van der Waals surface area contributed by atoms with E-state index in [1.807, 2.05) is 6.92 Å². The first-order valence-electron chi connectivity index (χ1n) is 9.46. The summed E-state index contributed by atoms with van der Waals surface area (Å²) in [4.78, 5) is 21.3. The van der Waals surface area contributed by atoms with Gasteiger partial charge in [0.1, 0.15) is 5.82 Å². The van der Waals surface area contributed by atoms with Crippen LogP contribution < -0.4 is 5.32 Å². The summed E-state index contributed by atoms with van der Waals surface area (Å²) >= 11 is 0. The third-order valence-electron chi connectivity index (χ3n) is 4.53. The molecule has 1 amide bonds. The van der Waals surface area contributed by atoms with E-state index in [0.717, 1.165) is 12.8 Å². The van der Waals surface area contributed by atoms with E-state index >= 15 is 0 Å². The zero-order valence-corrected chi connectivity index (χ0v) is 16.5. The van der Waals surface area contributed by atoms with Crippen LogP contribution in [-0.4, -0.2) is 30.8 Å². The summed E-state index contributed by atoms with van der Waals surface area (Å²) in [6.45, 7) is 3.79. The van der Waals surface area contributed by atoms with Gasteiger partial charge in [-0.3, -0.25) is 4.79 Å². The lowest BCUT2D eigenvalue weighted by Gasteiger charge is -2.07. The van der Waals surface area contributed by atoms with Crippen LogP contribution in [0.3, 0.4) is 0 Å². The van der Waals surface area contributed by atoms with Gasteiger partial charge in [-0.15, -0.1) is 0 Å². The Labute approximate surface area is 171 Å². The molecule has 9 heteroatoms. The molecule has 0 aliphatic heterocycles. The second-order valence-corrected chi connectivity index (χ2v) is 6.66. The van der Waals surface area contributed by atoms with E-state index in [-0.39, 0.29) is 5.69 Å². The molecule has 0 unspecified atom stereocenters. The van der Waals surface area contributed by atoms with E-state index in [2.05, 4.69) is 25.5 Å². The Morgan fingerprint density at radius 3 is 2.77 bits per heavy atom. The van der Waals surface area contributed by atoms with Crippen LogP contribution in [0.2, 0.25) is 0 Å². The number of rotatable bonds is 6. The van der Waals surface area contributed by atoms with Crippen LogP contribution in [0.1, 0.15) is 35.2 Å². The molecule has 1 aromatic carbocycles. The van der Waals surface area contributed by atoms with Crippen molar-refractivity contribution in [1.82, 2.24) is 24.9 Å². The van der Waals surface area contributed by atoms with Crippen molar-refractivity contribution in [1.29, 1.82) is 0 Å². The summed E-state index contributed by atoms with van der Waals surface area (Å²) in [5.74, 6) is 0.630. The molecule has 0 saturated carbocycles. The number of halogens is 1. The highest BCUT2D eigenvalue weighted by Gasteiger charge is 2.17. The summed E-state index contributed by atoms with van der Waals surface area (Å²) in [5.41, 5.74) is 1.70. The lowest BCUT2D eigenvalue weighted by Crippen LogP contribution is -2.14. The zero-order valence-electron chi connectivity index (χ0n) is 16.5. The standard InChI is InChI=1S/C21H19FN6O2/c1-3-6-18-26-21(30-27-18)14-9-10-19(23-11-14)28-13(2)15(12-24-28)20(29)25-17-8-5-4-7-16(17)22/h4-5,7-12H,3,6H2,1-2H3,(H,25,29). The summed E-state index contributed by atoms with van der Waals surface area (Å²) in [6, 6.07) is 9.53. The predicted octanol–water partition coefficient (Wildman–Crippen LogP) is 3.97. The third kappa shape index (κ3) is 3.82. The average molecular weight is 406 g/mol. The van der Waals surface area contributed by atoms with Gasteiger partial charge in [-0.1, -0.05) is 24.2 Å². The highest BCUT2D eigenvalue weighted by atomic mass is 19.1. The molecule has 0 radical (unpaired) electrons. The van der Waals surface area contributed by atoms with Crippen molar-refractivity contribution in [3.8, 4) is 17.3 Å². The maximum Gasteiger partial charge on any atom is 0.259 e. The molecule has 3 aromatic heterocycles. The van der Waals surface area contributed by atoms with Crippen molar-refractivity contribution >= 4 is 11.6 Å². The monoisotopic (exact) mass is 406 g/mol.